The molecule has 0 aliphatic carbocycles. The first-order chi connectivity index (χ1) is 20.5. The Morgan fingerprint density at radius 3 is 2.53 bits per heavy atom. The molecule has 1 saturated heterocycles. The average molecular weight is 609 g/mol. The number of unbranched alkanes of at least 4 members (excludes halogenated alkanes) is 2. The fourth-order valence-electron chi connectivity index (χ4n) is 4.36. The van der Waals surface area contributed by atoms with Crippen molar-refractivity contribution in [2.75, 3.05) is 39.9 Å². The van der Waals surface area contributed by atoms with Crippen LogP contribution in [-0.4, -0.2) is 92.1 Å². The minimum Gasteiger partial charge on any atom is -0.493 e. The number of rotatable bonds is 19. The molecule has 238 valence electrons. The van der Waals surface area contributed by atoms with Gasteiger partial charge in [-0.05, 0) is 63.5 Å². The Balaban J connectivity index is 1.92. The molecule has 16 heteroatoms. The number of benzene rings is 1. The van der Waals surface area contributed by atoms with Gasteiger partial charge in [0.15, 0.2) is 0 Å². The molecular weight excluding hydrogens is 568 g/mol. The second kappa shape index (κ2) is 18.5. The molecule has 16 nitrogen and oxygen atoms in total. The summed E-state index contributed by atoms with van der Waals surface area (Å²) in [5.74, 6) is -0.975. The minimum atomic E-state index is -1.29. The van der Waals surface area contributed by atoms with Gasteiger partial charge < -0.3 is 33.9 Å². The molecule has 1 N–H and O–H groups in total. The molecule has 43 heavy (non-hydrogen) atoms. The van der Waals surface area contributed by atoms with Crippen LogP contribution in [0.4, 0.5) is 5.69 Å². The highest BCUT2D eigenvalue weighted by molar-refractivity contribution is 5.72. The molecule has 0 bridgehead atoms. The van der Waals surface area contributed by atoms with Crippen LogP contribution in [-0.2, 0) is 39.9 Å². The van der Waals surface area contributed by atoms with Crippen molar-refractivity contribution in [3.63, 3.8) is 0 Å². The lowest BCUT2D eigenvalue weighted by molar-refractivity contribution is -0.386. The Labute approximate surface area is 249 Å². The van der Waals surface area contributed by atoms with E-state index in [-0.39, 0.29) is 30.4 Å². The maximum absolute atomic E-state index is 11.8. The summed E-state index contributed by atoms with van der Waals surface area (Å²) in [4.78, 5) is 50.0. The number of amides is 1. The van der Waals surface area contributed by atoms with Crippen LogP contribution in [0.1, 0.15) is 52.0 Å². The Morgan fingerprint density at radius 1 is 1.14 bits per heavy atom. The number of ether oxygens (including phenoxy) is 5. The number of hydrogen-bond acceptors (Lipinski definition) is 12. The maximum Gasteiger partial charge on any atom is 0.305 e. The van der Waals surface area contributed by atoms with Gasteiger partial charge in [-0.25, -0.2) is 0 Å². The van der Waals surface area contributed by atoms with Gasteiger partial charge in [0.25, 0.3) is 5.69 Å². The first-order valence-corrected chi connectivity index (χ1v) is 14.0. The highest BCUT2D eigenvalue weighted by atomic mass is 16.7. The second-order valence-electron chi connectivity index (χ2n) is 10.0. The summed E-state index contributed by atoms with van der Waals surface area (Å²) in [6, 6.07) is 3.36. The first-order valence-electron chi connectivity index (χ1n) is 14.0. The van der Waals surface area contributed by atoms with E-state index in [9.17, 15) is 24.5 Å². The summed E-state index contributed by atoms with van der Waals surface area (Å²) in [5.41, 5.74) is 9.03. The molecule has 4 atom stereocenters. The van der Waals surface area contributed by atoms with Crippen LogP contribution in [0.25, 0.3) is 10.4 Å². The Bertz CT molecular complexity index is 1150. The van der Waals surface area contributed by atoms with Crippen molar-refractivity contribution in [2.45, 2.75) is 77.6 Å². The first kappa shape index (κ1) is 35.2. The van der Waals surface area contributed by atoms with Crippen molar-refractivity contribution in [1.29, 1.82) is 0 Å². The number of nitro benzene ring substituents is 1. The normalized spacial score (nSPS) is 19.4. The molecule has 0 saturated carbocycles. The number of nitro groups is 1. The number of azide groups is 1. The topological polar surface area (TPSA) is 205 Å². The third kappa shape index (κ3) is 12.8. The third-order valence-corrected chi connectivity index (χ3v) is 6.44. The quantitative estimate of drug-likeness (QED) is 0.0459. The van der Waals surface area contributed by atoms with E-state index in [2.05, 4.69) is 20.2 Å². The average Bonchev–Trinajstić information content (AvgIpc) is 3.25. The Hall–Kier alpha value is -3.98. The zero-order chi connectivity index (χ0) is 31.8. The number of nitrogens with one attached hydrogen (secondary N) is 1. The third-order valence-electron chi connectivity index (χ3n) is 6.44. The lowest BCUT2D eigenvalue weighted by Gasteiger charge is -2.21. The van der Waals surface area contributed by atoms with E-state index in [0.717, 1.165) is 45.7 Å². The molecule has 1 aliphatic heterocycles. The van der Waals surface area contributed by atoms with Crippen molar-refractivity contribution >= 4 is 23.5 Å². The predicted octanol–water partition coefficient (Wildman–Crippen LogP) is 3.02. The van der Waals surface area contributed by atoms with Crippen molar-refractivity contribution in [3.05, 3.63) is 44.3 Å². The minimum absolute atomic E-state index is 0.0304. The van der Waals surface area contributed by atoms with Gasteiger partial charge in [-0.15, -0.1) is 0 Å². The fourth-order valence-corrected chi connectivity index (χ4v) is 4.36. The SMILES string of the molecule is CC(=O)NCCCN(C)CCCCCOc1ccc(CO[C@H]2[C@H](OC(C)=O)O[C@H](COC(C)=O)[C@H]2N=[N+]=[N-])c([N+](=O)[O-])c1. The van der Waals surface area contributed by atoms with Gasteiger partial charge in [0, 0.05) is 32.2 Å². The van der Waals surface area contributed by atoms with Crippen LogP contribution >= 0.6 is 0 Å². The van der Waals surface area contributed by atoms with E-state index in [1.54, 1.807) is 6.07 Å². The van der Waals surface area contributed by atoms with E-state index in [0.29, 0.717) is 18.9 Å². The monoisotopic (exact) mass is 608 g/mol. The molecule has 0 spiro atoms. The summed E-state index contributed by atoms with van der Waals surface area (Å²) in [5, 5.41) is 18.3. The van der Waals surface area contributed by atoms with Gasteiger partial charge in [-0.3, -0.25) is 24.5 Å². The summed E-state index contributed by atoms with van der Waals surface area (Å²) in [7, 11) is 2.03. The van der Waals surface area contributed by atoms with Gasteiger partial charge in [0.1, 0.15) is 24.6 Å². The van der Waals surface area contributed by atoms with E-state index < -0.39 is 41.4 Å². The van der Waals surface area contributed by atoms with Gasteiger partial charge >= 0.3 is 11.9 Å². The molecule has 1 amide bonds. The van der Waals surface area contributed by atoms with Crippen LogP contribution in [0.3, 0.4) is 0 Å². The second-order valence-corrected chi connectivity index (χ2v) is 10.0. The van der Waals surface area contributed by atoms with E-state index >= 15 is 0 Å². The molecule has 0 radical (unpaired) electrons. The van der Waals surface area contributed by atoms with Crippen molar-refractivity contribution in [3.8, 4) is 5.75 Å². The van der Waals surface area contributed by atoms with E-state index in [1.807, 2.05) is 7.05 Å². The van der Waals surface area contributed by atoms with Gasteiger partial charge in [0.2, 0.25) is 12.2 Å². The number of nitrogens with zero attached hydrogens (tertiary/aromatic N) is 5. The Kier molecular flexibility index (Phi) is 15.2. The highest BCUT2D eigenvalue weighted by Gasteiger charge is 2.47. The standard InChI is InChI=1S/C27H40N6O10/c1-18(34)29-11-8-13-32(4)12-6-5-7-14-39-22-10-9-21(23(15-22)33(37)38)16-41-26-25(30-31-28)24(17-40-19(2)35)43-27(26)42-20(3)36/h9-10,15,24-27H,5-8,11-14,16-17H2,1-4H3,(H,29,34)/t24-,25-,26-,27-/m1/s1. The molecule has 2 rings (SSSR count). The van der Waals surface area contributed by atoms with Crippen molar-refractivity contribution in [1.82, 2.24) is 10.2 Å². The van der Waals surface area contributed by atoms with Crippen LogP contribution in [0.2, 0.25) is 0 Å². The van der Waals surface area contributed by atoms with Crippen LogP contribution in [0.5, 0.6) is 5.75 Å². The van der Waals surface area contributed by atoms with Crippen LogP contribution in [0, 0.1) is 10.1 Å². The molecule has 1 aromatic rings. The maximum atomic E-state index is 11.8. The number of carbonyl (C=O) groups is 3. The van der Waals surface area contributed by atoms with Crippen molar-refractivity contribution in [2.24, 2.45) is 5.11 Å². The Morgan fingerprint density at radius 2 is 1.88 bits per heavy atom. The zero-order valence-electron chi connectivity index (χ0n) is 24.9. The molecule has 0 aromatic heterocycles. The lowest BCUT2D eigenvalue weighted by atomic mass is 10.1. The number of esters is 2. The smallest absolute Gasteiger partial charge is 0.305 e. The fraction of sp³-hybridized carbons (Fsp3) is 0.667. The van der Waals surface area contributed by atoms with Crippen molar-refractivity contribution < 1.29 is 43.0 Å². The molecule has 1 aliphatic rings. The summed E-state index contributed by atoms with van der Waals surface area (Å²) < 4.78 is 27.3. The number of carbonyl (C=O) groups excluding carboxylic acids is 3. The molecule has 0 unspecified atom stereocenters. The summed E-state index contributed by atoms with van der Waals surface area (Å²) in [6.07, 6.45) is 0.162. The van der Waals surface area contributed by atoms with Gasteiger partial charge in [-0.2, -0.15) is 0 Å². The van der Waals surface area contributed by atoms with Crippen LogP contribution in [0.15, 0.2) is 23.3 Å². The molecule has 1 heterocycles. The van der Waals surface area contributed by atoms with Crippen LogP contribution < -0.4 is 10.1 Å². The summed E-state index contributed by atoms with van der Waals surface area (Å²) >= 11 is 0. The molecule has 1 fully saturated rings. The van der Waals surface area contributed by atoms with E-state index in [4.69, 9.17) is 29.2 Å². The molecule has 1 aromatic carbocycles. The van der Waals surface area contributed by atoms with Gasteiger partial charge in [0.05, 0.1) is 35.8 Å². The zero-order valence-corrected chi connectivity index (χ0v) is 24.9. The molecular formula is C27H40N6O10. The highest BCUT2D eigenvalue weighted by Crippen LogP contribution is 2.31. The predicted molar refractivity (Wildman–Crippen MR) is 152 cm³/mol. The largest absolute Gasteiger partial charge is 0.493 e. The number of hydrogen-bond donors (Lipinski definition) is 1. The van der Waals surface area contributed by atoms with E-state index in [1.165, 1.54) is 26.0 Å². The summed E-state index contributed by atoms with van der Waals surface area (Å²) in [6.45, 7) is 6.12. The lowest BCUT2D eigenvalue weighted by Crippen LogP contribution is -2.36. The van der Waals surface area contributed by atoms with Gasteiger partial charge in [-0.1, -0.05) is 5.11 Å².